The van der Waals surface area contributed by atoms with Crippen LogP contribution in [0.4, 0.5) is 0 Å². The van der Waals surface area contributed by atoms with Crippen molar-refractivity contribution in [2.45, 2.75) is 30.8 Å². The van der Waals surface area contributed by atoms with Crippen molar-refractivity contribution in [2.24, 2.45) is 0 Å². The van der Waals surface area contributed by atoms with Crippen LogP contribution in [0.5, 0.6) is 0 Å². The SMILES string of the molecule is CC1CN(S(=O)(=O)c2ccc3[nH]c(=O)oc3c2)CC(C)N1C. The van der Waals surface area contributed by atoms with Gasteiger partial charge < -0.3 is 4.42 Å². The van der Waals surface area contributed by atoms with Gasteiger partial charge in [0.05, 0.1) is 10.4 Å². The molecule has 0 bridgehead atoms. The van der Waals surface area contributed by atoms with Crippen LogP contribution in [0.1, 0.15) is 13.8 Å². The van der Waals surface area contributed by atoms with Crippen LogP contribution in [0.15, 0.2) is 32.3 Å². The first-order chi connectivity index (χ1) is 10.3. The van der Waals surface area contributed by atoms with Gasteiger partial charge in [-0.25, -0.2) is 13.2 Å². The average molecular weight is 325 g/mol. The molecule has 0 saturated carbocycles. The highest BCUT2D eigenvalue weighted by Crippen LogP contribution is 2.24. The van der Waals surface area contributed by atoms with Crippen molar-refractivity contribution in [3.63, 3.8) is 0 Å². The number of benzene rings is 1. The van der Waals surface area contributed by atoms with Gasteiger partial charge in [-0.3, -0.25) is 9.88 Å². The first-order valence-corrected chi connectivity index (χ1v) is 8.58. The van der Waals surface area contributed by atoms with Crippen molar-refractivity contribution < 1.29 is 12.8 Å². The molecule has 0 radical (unpaired) electrons. The second-order valence-electron chi connectivity index (χ2n) is 5.86. The van der Waals surface area contributed by atoms with E-state index < -0.39 is 15.8 Å². The summed E-state index contributed by atoms with van der Waals surface area (Å²) in [6.07, 6.45) is 0. The molecule has 22 heavy (non-hydrogen) atoms. The summed E-state index contributed by atoms with van der Waals surface area (Å²) in [5.41, 5.74) is 0.741. The first kappa shape index (κ1) is 15.3. The summed E-state index contributed by atoms with van der Waals surface area (Å²) in [6.45, 7) is 4.90. The van der Waals surface area contributed by atoms with Gasteiger partial charge >= 0.3 is 5.76 Å². The van der Waals surface area contributed by atoms with Gasteiger partial charge in [0.2, 0.25) is 10.0 Å². The fourth-order valence-electron chi connectivity index (χ4n) is 2.79. The van der Waals surface area contributed by atoms with Gasteiger partial charge in [0.15, 0.2) is 5.58 Å². The zero-order chi connectivity index (χ0) is 16.1. The number of likely N-dealkylation sites (N-methyl/N-ethyl adjacent to an activating group) is 1. The molecule has 1 aliphatic heterocycles. The predicted molar refractivity (Wildman–Crippen MR) is 82.3 cm³/mol. The van der Waals surface area contributed by atoms with E-state index in [9.17, 15) is 13.2 Å². The number of hydrogen-bond donors (Lipinski definition) is 1. The monoisotopic (exact) mass is 325 g/mol. The van der Waals surface area contributed by atoms with Crippen LogP contribution in [0.3, 0.4) is 0 Å². The number of H-pyrrole nitrogens is 1. The third-order valence-electron chi connectivity index (χ3n) is 4.36. The van der Waals surface area contributed by atoms with Gasteiger partial charge in [0.1, 0.15) is 0 Å². The van der Waals surface area contributed by atoms with Crippen molar-refractivity contribution in [3.8, 4) is 0 Å². The van der Waals surface area contributed by atoms with Crippen molar-refractivity contribution in [3.05, 3.63) is 28.7 Å². The Hall–Kier alpha value is -1.64. The van der Waals surface area contributed by atoms with Crippen LogP contribution in [0, 0.1) is 0 Å². The lowest BCUT2D eigenvalue weighted by atomic mass is 10.1. The fraction of sp³-hybridized carbons (Fsp3) is 0.500. The van der Waals surface area contributed by atoms with Crippen molar-refractivity contribution >= 4 is 21.1 Å². The molecule has 1 aromatic carbocycles. The molecular formula is C14H19N3O4S. The molecule has 2 atom stereocenters. The van der Waals surface area contributed by atoms with Gasteiger partial charge in [-0.1, -0.05) is 0 Å². The zero-order valence-corrected chi connectivity index (χ0v) is 13.6. The normalized spacial score (nSPS) is 24.9. The molecule has 2 heterocycles. The highest BCUT2D eigenvalue weighted by molar-refractivity contribution is 7.89. The van der Waals surface area contributed by atoms with Crippen LogP contribution in [0.25, 0.3) is 11.1 Å². The van der Waals surface area contributed by atoms with Crippen LogP contribution in [0.2, 0.25) is 0 Å². The Morgan fingerprint density at radius 1 is 1.23 bits per heavy atom. The number of nitrogens with one attached hydrogen (secondary N) is 1. The maximum Gasteiger partial charge on any atom is 0.417 e. The molecule has 0 spiro atoms. The van der Waals surface area contributed by atoms with E-state index in [1.807, 2.05) is 20.9 Å². The smallest absolute Gasteiger partial charge is 0.408 e. The number of rotatable bonds is 2. The Morgan fingerprint density at radius 2 is 1.86 bits per heavy atom. The fourth-order valence-corrected chi connectivity index (χ4v) is 4.41. The Bertz CT molecular complexity index is 842. The van der Waals surface area contributed by atoms with Crippen LogP contribution < -0.4 is 5.76 Å². The van der Waals surface area contributed by atoms with Crippen LogP contribution in [-0.4, -0.2) is 54.8 Å². The molecule has 2 aromatic rings. The van der Waals surface area contributed by atoms with E-state index in [2.05, 4.69) is 9.88 Å². The summed E-state index contributed by atoms with van der Waals surface area (Å²) in [5.74, 6) is -0.591. The Morgan fingerprint density at radius 3 is 2.50 bits per heavy atom. The molecule has 2 unspecified atom stereocenters. The van der Waals surface area contributed by atoms with Gasteiger partial charge in [-0.2, -0.15) is 4.31 Å². The van der Waals surface area contributed by atoms with Gasteiger partial charge in [0, 0.05) is 31.2 Å². The van der Waals surface area contributed by atoms with E-state index in [4.69, 9.17) is 4.42 Å². The van der Waals surface area contributed by atoms with Crippen molar-refractivity contribution in [2.75, 3.05) is 20.1 Å². The maximum absolute atomic E-state index is 12.8. The minimum Gasteiger partial charge on any atom is -0.408 e. The highest BCUT2D eigenvalue weighted by Gasteiger charge is 2.34. The van der Waals surface area contributed by atoms with Crippen molar-refractivity contribution in [1.29, 1.82) is 0 Å². The van der Waals surface area contributed by atoms with Crippen LogP contribution in [-0.2, 0) is 10.0 Å². The van der Waals surface area contributed by atoms with Gasteiger partial charge in [-0.15, -0.1) is 0 Å². The number of aromatic nitrogens is 1. The quantitative estimate of drug-likeness (QED) is 0.884. The van der Waals surface area contributed by atoms with E-state index in [1.54, 1.807) is 6.07 Å². The molecule has 0 amide bonds. The molecule has 1 aromatic heterocycles. The van der Waals surface area contributed by atoms with Gasteiger partial charge in [0.25, 0.3) is 0 Å². The number of piperazine rings is 1. The summed E-state index contributed by atoms with van der Waals surface area (Å²) < 4.78 is 32.1. The molecule has 8 heteroatoms. The minimum absolute atomic E-state index is 0.145. The third kappa shape index (κ3) is 2.47. The second kappa shape index (κ2) is 5.22. The molecule has 120 valence electrons. The number of fused-ring (bicyclic) bond motifs is 1. The molecule has 1 N–H and O–H groups in total. The molecule has 0 aliphatic carbocycles. The second-order valence-corrected chi connectivity index (χ2v) is 7.80. The number of sulfonamides is 1. The van der Waals surface area contributed by atoms with Gasteiger partial charge in [-0.05, 0) is 33.0 Å². The molecule has 1 saturated heterocycles. The summed E-state index contributed by atoms with van der Waals surface area (Å²) >= 11 is 0. The third-order valence-corrected chi connectivity index (χ3v) is 6.18. The van der Waals surface area contributed by atoms with E-state index in [0.717, 1.165) is 0 Å². The minimum atomic E-state index is -3.60. The lowest BCUT2D eigenvalue weighted by molar-refractivity contribution is 0.105. The van der Waals surface area contributed by atoms with E-state index in [1.165, 1.54) is 16.4 Å². The van der Waals surface area contributed by atoms with E-state index in [0.29, 0.717) is 18.6 Å². The Labute approximate surface area is 128 Å². The molecule has 1 aliphatic rings. The summed E-state index contributed by atoms with van der Waals surface area (Å²) in [5, 5.41) is 0. The van der Waals surface area contributed by atoms with E-state index in [-0.39, 0.29) is 22.6 Å². The summed E-state index contributed by atoms with van der Waals surface area (Å²) in [6, 6.07) is 4.74. The Kier molecular flexibility index (Phi) is 3.62. The number of nitrogens with zero attached hydrogens (tertiary/aromatic N) is 2. The first-order valence-electron chi connectivity index (χ1n) is 7.14. The number of oxazole rings is 1. The van der Waals surface area contributed by atoms with E-state index >= 15 is 0 Å². The molecule has 1 fully saturated rings. The number of aromatic amines is 1. The molecule has 7 nitrogen and oxygen atoms in total. The predicted octanol–water partition coefficient (Wildman–Crippen LogP) is 0.834. The lowest BCUT2D eigenvalue weighted by Crippen LogP contribution is -2.56. The maximum atomic E-state index is 12.8. The van der Waals surface area contributed by atoms with Crippen LogP contribution >= 0.6 is 0 Å². The molecular weight excluding hydrogens is 306 g/mol. The topological polar surface area (TPSA) is 86.6 Å². The zero-order valence-electron chi connectivity index (χ0n) is 12.7. The Balaban J connectivity index is 1.98. The average Bonchev–Trinajstić information content (AvgIpc) is 2.83. The summed E-state index contributed by atoms with van der Waals surface area (Å²) in [7, 11) is -1.60. The standard InChI is InChI=1S/C14H19N3O4S/c1-9-7-17(8-10(2)16(9)3)22(19,20)11-4-5-12-13(6-11)21-14(18)15-12/h4-6,9-10H,7-8H2,1-3H3,(H,15,18). The van der Waals surface area contributed by atoms with Crippen molar-refractivity contribution in [1.82, 2.24) is 14.2 Å². The largest absolute Gasteiger partial charge is 0.417 e. The number of hydrogen-bond acceptors (Lipinski definition) is 5. The lowest BCUT2D eigenvalue weighted by Gasteiger charge is -2.41. The summed E-state index contributed by atoms with van der Waals surface area (Å²) in [4.78, 5) is 16.0. The molecule has 3 rings (SSSR count). The highest BCUT2D eigenvalue weighted by atomic mass is 32.2.